The van der Waals surface area contributed by atoms with Crippen LogP contribution >= 0.6 is 0 Å². The monoisotopic (exact) mass is 489 g/mol. The Balaban J connectivity index is 5.35. The van der Waals surface area contributed by atoms with Gasteiger partial charge in [0.05, 0.1) is 5.60 Å². The molecule has 0 spiro atoms. The Bertz CT molecular complexity index is 648. The zero-order valence-electron chi connectivity index (χ0n) is 22.4. The van der Waals surface area contributed by atoms with Gasteiger partial charge in [-0.15, -0.1) is 0 Å². The van der Waals surface area contributed by atoms with Gasteiger partial charge in [0.15, 0.2) is 6.29 Å². The van der Waals surface area contributed by atoms with Crippen molar-refractivity contribution in [3.8, 4) is 0 Å². The number of esters is 2. The lowest BCUT2D eigenvalue weighted by Gasteiger charge is -2.28. The molecule has 0 saturated heterocycles. The number of aliphatic hydroxyl groups is 1. The molecule has 34 heavy (non-hydrogen) atoms. The summed E-state index contributed by atoms with van der Waals surface area (Å²) in [5.41, 5.74) is 3.48. The first-order valence-corrected chi connectivity index (χ1v) is 11.9. The molecule has 5 N–H and O–H groups in total. The fourth-order valence-electron chi connectivity index (χ4n) is 2.87. The van der Waals surface area contributed by atoms with Gasteiger partial charge in [0, 0.05) is 6.42 Å². The molecule has 2 amide bonds. The smallest absolute Gasteiger partial charge is 0.329 e. The average molecular weight is 490 g/mol. The van der Waals surface area contributed by atoms with E-state index in [0.29, 0.717) is 25.8 Å². The van der Waals surface area contributed by atoms with Gasteiger partial charge in [-0.1, -0.05) is 0 Å². The Morgan fingerprint density at radius 1 is 0.735 bits per heavy atom. The fraction of sp³-hybridized carbons (Fsp3) is 0.875. The molecule has 200 valence electrons. The van der Waals surface area contributed by atoms with Gasteiger partial charge in [-0.3, -0.25) is 0 Å². The predicted octanol–water partition coefficient (Wildman–Crippen LogP) is 2.75. The fourth-order valence-corrected chi connectivity index (χ4v) is 2.87. The summed E-state index contributed by atoms with van der Waals surface area (Å²) in [6.07, 6.45) is 0.688. The van der Waals surface area contributed by atoms with E-state index in [-0.39, 0.29) is 12.8 Å². The molecule has 0 rings (SSSR count). The van der Waals surface area contributed by atoms with Crippen LogP contribution < -0.4 is 16.4 Å². The van der Waals surface area contributed by atoms with Crippen LogP contribution in [0.2, 0.25) is 0 Å². The molecule has 0 aromatic heterocycles. The average Bonchev–Trinajstić information content (AvgIpc) is 2.60. The Morgan fingerprint density at radius 2 is 1.18 bits per heavy atom. The number of hydrogen-bond donors (Lipinski definition) is 4. The lowest BCUT2D eigenvalue weighted by atomic mass is 10.1. The van der Waals surface area contributed by atoms with Crippen LogP contribution in [0, 0.1) is 0 Å². The summed E-state index contributed by atoms with van der Waals surface area (Å²) in [6, 6.07) is -2.67. The second-order valence-corrected chi connectivity index (χ2v) is 11.3. The van der Waals surface area contributed by atoms with Crippen LogP contribution in [-0.2, 0) is 23.8 Å². The van der Waals surface area contributed by atoms with Gasteiger partial charge in [0.25, 0.3) is 0 Å². The molecule has 0 aromatic carbocycles. The maximum atomic E-state index is 12.8. The second kappa shape index (κ2) is 13.8. The number of carbonyl (C=O) groups excluding carboxylic acids is 3. The highest BCUT2D eigenvalue weighted by atomic mass is 16.6. The third-order valence-corrected chi connectivity index (χ3v) is 4.13. The van der Waals surface area contributed by atoms with Gasteiger partial charge in [0.1, 0.15) is 23.3 Å². The van der Waals surface area contributed by atoms with Crippen molar-refractivity contribution in [1.29, 1.82) is 0 Å². The molecule has 0 aliphatic carbocycles. The van der Waals surface area contributed by atoms with Crippen molar-refractivity contribution in [1.82, 2.24) is 10.6 Å². The van der Waals surface area contributed by atoms with Gasteiger partial charge < -0.3 is 35.7 Å². The van der Waals surface area contributed by atoms with Crippen LogP contribution in [-0.4, -0.2) is 64.8 Å². The topological polar surface area (TPSA) is 149 Å². The molecule has 0 fully saturated rings. The number of ether oxygens (including phenoxy) is 3. The van der Waals surface area contributed by atoms with Crippen molar-refractivity contribution in [2.45, 2.75) is 130 Å². The summed E-state index contributed by atoms with van der Waals surface area (Å²) in [4.78, 5) is 38.1. The van der Waals surface area contributed by atoms with E-state index in [1.165, 1.54) is 0 Å². The molecule has 3 atom stereocenters. The van der Waals surface area contributed by atoms with E-state index in [9.17, 15) is 19.5 Å². The summed E-state index contributed by atoms with van der Waals surface area (Å²) in [7, 11) is 0. The standard InChI is InChI=1S/C24H47N3O7/c1-22(2,3)32-18(28)14-13-17(20(30)34-24(7,8)9)27-21(31)26-16(12-10-11-15-25)19(29)33-23(4,5)6/h16-18,28H,10-15,25H2,1-9H3,(H2,26,27,31)/t16-,17-,18?/m0/s1. The van der Waals surface area contributed by atoms with Crippen molar-refractivity contribution in [2.24, 2.45) is 5.73 Å². The van der Waals surface area contributed by atoms with Gasteiger partial charge >= 0.3 is 18.0 Å². The molecular weight excluding hydrogens is 442 g/mol. The highest BCUT2D eigenvalue weighted by Crippen LogP contribution is 2.16. The van der Waals surface area contributed by atoms with Crippen LogP contribution in [0.3, 0.4) is 0 Å². The van der Waals surface area contributed by atoms with Gasteiger partial charge in [-0.05, 0) is 94.5 Å². The molecule has 0 saturated carbocycles. The summed E-state index contributed by atoms with van der Waals surface area (Å²) < 4.78 is 16.3. The summed E-state index contributed by atoms with van der Waals surface area (Å²) >= 11 is 0. The van der Waals surface area contributed by atoms with Crippen LogP contribution in [0.25, 0.3) is 0 Å². The molecule has 0 aromatic rings. The quantitative estimate of drug-likeness (QED) is 0.186. The van der Waals surface area contributed by atoms with Crippen molar-refractivity contribution in [3.63, 3.8) is 0 Å². The van der Waals surface area contributed by atoms with E-state index in [1.54, 1.807) is 62.3 Å². The molecule has 1 unspecified atom stereocenters. The molecule has 0 aliphatic rings. The maximum Gasteiger partial charge on any atom is 0.329 e. The van der Waals surface area contributed by atoms with Crippen LogP contribution in [0.5, 0.6) is 0 Å². The molecule has 0 radical (unpaired) electrons. The zero-order valence-corrected chi connectivity index (χ0v) is 22.4. The lowest BCUT2D eigenvalue weighted by molar-refractivity contribution is -0.171. The van der Waals surface area contributed by atoms with Gasteiger partial charge in [-0.25, -0.2) is 14.4 Å². The third kappa shape index (κ3) is 16.7. The number of unbranched alkanes of at least 4 members (excludes halogenated alkanes) is 1. The maximum absolute atomic E-state index is 12.8. The molecule has 10 heteroatoms. The number of nitrogens with one attached hydrogen (secondary N) is 2. The normalized spacial score (nSPS) is 15.1. The number of rotatable bonds is 12. The van der Waals surface area contributed by atoms with Crippen LogP contribution in [0.1, 0.15) is 94.4 Å². The second-order valence-electron chi connectivity index (χ2n) is 11.3. The van der Waals surface area contributed by atoms with Gasteiger partial charge in [-0.2, -0.15) is 0 Å². The number of carbonyl (C=O) groups is 3. The van der Waals surface area contributed by atoms with Crippen molar-refractivity contribution in [3.05, 3.63) is 0 Å². The molecule has 0 aliphatic heterocycles. The lowest BCUT2D eigenvalue weighted by Crippen LogP contribution is -2.53. The molecule has 10 nitrogen and oxygen atoms in total. The van der Waals surface area contributed by atoms with E-state index < -0.39 is 53.1 Å². The highest BCUT2D eigenvalue weighted by molar-refractivity contribution is 5.87. The van der Waals surface area contributed by atoms with E-state index in [4.69, 9.17) is 19.9 Å². The van der Waals surface area contributed by atoms with Crippen molar-refractivity contribution in [2.75, 3.05) is 6.54 Å². The Morgan fingerprint density at radius 3 is 1.56 bits per heavy atom. The third-order valence-electron chi connectivity index (χ3n) is 4.13. The largest absolute Gasteiger partial charge is 0.458 e. The first kappa shape index (κ1) is 32.1. The minimum Gasteiger partial charge on any atom is -0.458 e. The zero-order chi connectivity index (χ0) is 26.7. The van der Waals surface area contributed by atoms with Crippen molar-refractivity contribution >= 4 is 18.0 Å². The number of amides is 2. The Hall–Kier alpha value is -1.91. The Labute approximate surface area is 204 Å². The minimum atomic E-state index is -1.12. The number of aliphatic hydroxyl groups excluding tert-OH is 1. The predicted molar refractivity (Wildman–Crippen MR) is 130 cm³/mol. The summed E-state index contributed by atoms with van der Waals surface area (Å²) in [5.74, 6) is -1.22. The van der Waals surface area contributed by atoms with E-state index in [1.807, 2.05) is 0 Å². The van der Waals surface area contributed by atoms with Gasteiger partial charge in [0.2, 0.25) is 0 Å². The molecule has 0 bridgehead atoms. The number of nitrogens with two attached hydrogens (primary N) is 1. The number of hydrogen-bond acceptors (Lipinski definition) is 8. The number of urea groups is 1. The first-order chi connectivity index (χ1) is 15.3. The summed E-state index contributed by atoms with van der Waals surface area (Å²) in [5, 5.41) is 15.3. The molecular formula is C24H47N3O7. The van der Waals surface area contributed by atoms with Crippen LogP contribution in [0.4, 0.5) is 4.79 Å². The Kier molecular flexibility index (Phi) is 13.1. The summed E-state index contributed by atoms with van der Waals surface area (Å²) in [6.45, 7) is 16.2. The van der Waals surface area contributed by atoms with Crippen LogP contribution in [0.15, 0.2) is 0 Å². The SMILES string of the molecule is CC(C)(C)OC(=O)[C@H](CCCCN)NC(=O)N[C@@H](CCC(O)OC(C)(C)C)C(=O)OC(C)(C)C. The van der Waals surface area contributed by atoms with E-state index >= 15 is 0 Å². The highest BCUT2D eigenvalue weighted by Gasteiger charge is 2.31. The molecule has 0 heterocycles. The first-order valence-electron chi connectivity index (χ1n) is 11.9. The van der Waals surface area contributed by atoms with Crippen molar-refractivity contribution < 1.29 is 33.7 Å². The van der Waals surface area contributed by atoms with E-state index in [2.05, 4.69) is 10.6 Å². The minimum absolute atomic E-state index is 0.0733. The van der Waals surface area contributed by atoms with E-state index in [0.717, 1.165) is 0 Å².